The average Bonchev–Trinajstić information content (AvgIpc) is 3.22. The molecule has 1 aromatic heterocycles. The van der Waals surface area contributed by atoms with Gasteiger partial charge in [-0.2, -0.15) is 0 Å². The number of carbonyl (C=O) groups is 1. The Morgan fingerprint density at radius 1 is 1.06 bits per heavy atom. The largest absolute Gasteiger partial charge is 0.368 e. The molecule has 1 amide bonds. The fourth-order valence-corrected chi connectivity index (χ4v) is 4.64. The first-order valence-corrected chi connectivity index (χ1v) is 11.8. The van der Waals surface area contributed by atoms with Crippen molar-refractivity contribution in [3.8, 4) is 0 Å². The van der Waals surface area contributed by atoms with E-state index in [1.165, 1.54) is 25.7 Å². The van der Waals surface area contributed by atoms with Crippen LogP contribution in [-0.4, -0.2) is 85.7 Å². The van der Waals surface area contributed by atoms with Crippen molar-refractivity contribution in [2.45, 2.75) is 51.2 Å². The van der Waals surface area contributed by atoms with Crippen molar-refractivity contribution in [2.75, 3.05) is 57.8 Å². The molecule has 3 saturated heterocycles. The molecule has 0 saturated carbocycles. The summed E-state index contributed by atoms with van der Waals surface area (Å²) >= 11 is 0. The molecule has 0 radical (unpaired) electrons. The lowest BCUT2D eigenvalue weighted by molar-refractivity contribution is -0.142. The van der Waals surface area contributed by atoms with Gasteiger partial charge < -0.3 is 24.8 Å². The van der Waals surface area contributed by atoms with E-state index in [2.05, 4.69) is 32.2 Å². The molecule has 8 heteroatoms. The topological polar surface area (TPSA) is 73.3 Å². The normalized spacial score (nSPS) is 23.1. The highest BCUT2D eigenvalue weighted by Gasteiger charge is 2.30. The first-order valence-electron chi connectivity index (χ1n) is 11.8. The predicted molar refractivity (Wildman–Crippen MR) is 122 cm³/mol. The number of nitrogens with one attached hydrogen (secondary N) is 1. The van der Waals surface area contributed by atoms with Crippen LogP contribution in [0.15, 0.2) is 23.3 Å². The maximum absolute atomic E-state index is 12.5. The number of carbonyl (C=O) groups excluding carboxylic acids is 1. The number of ether oxygens (including phenoxy) is 1. The van der Waals surface area contributed by atoms with Gasteiger partial charge >= 0.3 is 0 Å². The number of hydrogen-bond donors (Lipinski definition) is 1. The summed E-state index contributed by atoms with van der Waals surface area (Å²) < 4.78 is 5.55. The van der Waals surface area contributed by atoms with Crippen LogP contribution in [0.1, 0.15) is 44.1 Å². The van der Waals surface area contributed by atoms with E-state index in [4.69, 9.17) is 9.72 Å². The van der Waals surface area contributed by atoms with E-state index in [-0.39, 0.29) is 12.0 Å². The maximum atomic E-state index is 12.5. The van der Waals surface area contributed by atoms with Crippen molar-refractivity contribution in [3.05, 3.63) is 23.9 Å². The number of aromatic nitrogens is 1. The lowest BCUT2D eigenvalue weighted by Gasteiger charge is -2.37. The van der Waals surface area contributed by atoms with Crippen molar-refractivity contribution in [1.29, 1.82) is 0 Å². The molecule has 0 spiro atoms. The number of pyridine rings is 1. The second-order valence-electron chi connectivity index (χ2n) is 8.64. The SMILES string of the molecule is CN=C(NCc1ccc(N2CCCCCC2)nc1)N1CCN(C(=O)C2CCCO2)CC1. The minimum atomic E-state index is -0.228. The molecule has 3 fully saturated rings. The Labute approximate surface area is 185 Å². The zero-order valence-electron chi connectivity index (χ0n) is 18.8. The lowest BCUT2D eigenvalue weighted by atomic mass is 10.2. The molecular weight excluding hydrogens is 392 g/mol. The monoisotopic (exact) mass is 428 g/mol. The van der Waals surface area contributed by atoms with Crippen LogP contribution in [0.25, 0.3) is 0 Å². The molecule has 0 aromatic carbocycles. The van der Waals surface area contributed by atoms with Crippen LogP contribution in [-0.2, 0) is 16.1 Å². The number of amides is 1. The van der Waals surface area contributed by atoms with Crippen LogP contribution in [0.4, 0.5) is 5.82 Å². The zero-order chi connectivity index (χ0) is 21.5. The highest BCUT2D eigenvalue weighted by atomic mass is 16.5. The van der Waals surface area contributed by atoms with Gasteiger partial charge in [-0.15, -0.1) is 0 Å². The van der Waals surface area contributed by atoms with Gasteiger partial charge in [0.25, 0.3) is 5.91 Å². The summed E-state index contributed by atoms with van der Waals surface area (Å²) in [5.74, 6) is 2.11. The van der Waals surface area contributed by atoms with E-state index in [1.807, 2.05) is 18.1 Å². The van der Waals surface area contributed by atoms with Crippen LogP contribution in [0.3, 0.4) is 0 Å². The second kappa shape index (κ2) is 10.8. The van der Waals surface area contributed by atoms with Gasteiger partial charge in [-0.3, -0.25) is 9.79 Å². The fraction of sp³-hybridized carbons (Fsp3) is 0.696. The van der Waals surface area contributed by atoms with Gasteiger partial charge in [0.2, 0.25) is 0 Å². The van der Waals surface area contributed by atoms with E-state index in [0.29, 0.717) is 26.2 Å². The van der Waals surface area contributed by atoms with Gasteiger partial charge in [0.15, 0.2) is 5.96 Å². The summed E-state index contributed by atoms with van der Waals surface area (Å²) in [5, 5.41) is 3.46. The molecule has 1 N–H and O–H groups in total. The van der Waals surface area contributed by atoms with Crippen molar-refractivity contribution in [3.63, 3.8) is 0 Å². The third kappa shape index (κ3) is 5.67. The number of hydrogen-bond acceptors (Lipinski definition) is 5. The van der Waals surface area contributed by atoms with Crippen molar-refractivity contribution in [2.24, 2.45) is 4.99 Å². The van der Waals surface area contributed by atoms with Gasteiger partial charge in [-0.05, 0) is 37.3 Å². The predicted octanol–water partition coefficient (Wildman–Crippen LogP) is 1.86. The van der Waals surface area contributed by atoms with E-state index < -0.39 is 0 Å². The molecule has 1 atom stereocenters. The number of anilines is 1. The molecule has 31 heavy (non-hydrogen) atoms. The fourth-order valence-electron chi connectivity index (χ4n) is 4.64. The lowest BCUT2D eigenvalue weighted by Crippen LogP contribution is -2.55. The number of rotatable bonds is 4. The van der Waals surface area contributed by atoms with Crippen LogP contribution in [0.2, 0.25) is 0 Å². The van der Waals surface area contributed by atoms with Gasteiger partial charge in [0.1, 0.15) is 11.9 Å². The average molecular weight is 429 g/mol. The summed E-state index contributed by atoms with van der Waals surface area (Å²) in [6.45, 7) is 6.61. The standard InChI is InChI=1S/C23H36N6O2/c1-24-23(29-14-12-28(13-15-29)22(30)20-7-6-16-31-20)26-18-19-8-9-21(25-17-19)27-10-4-2-3-5-11-27/h8-9,17,20H,2-7,10-16,18H2,1H3,(H,24,26). The zero-order valence-corrected chi connectivity index (χ0v) is 18.8. The first-order chi connectivity index (χ1) is 15.2. The Morgan fingerprint density at radius 3 is 2.42 bits per heavy atom. The number of aliphatic imine (C=N–C) groups is 1. The Kier molecular flexibility index (Phi) is 7.61. The smallest absolute Gasteiger partial charge is 0.251 e. The second-order valence-corrected chi connectivity index (χ2v) is 8.64. The Balaban J connectivity index is 1.24. The van der Waals surface area contributed by atoms with Gasteiger partial charge in [0, 0.05) is 65.7 Å². The van der Waals surface area contributed by atoms with Crippen LogP contribution in [0, 0.1) is 0 Å². The molecule has 4 heterocycles. The maximum Gasteiger partial charge on any atom is 0.251 e. The molecule has 170 valence electrons. The first kappa shape index (κ1) is 21.9. The Bertz CT molecular complexity index is 731. The Hall–Kier alpha value is -2.35. The van der Waals surface area contributed by atoms with Gasteiger partial charge in [-0.1, -0.05) is 18.9 Å². The van der Waals surface area contributed by atoms with E-state index in [0.717, 1.165) is 56.4 Å². The summed E-state index contributed by atoms with van der Waals surface area (Å²) in [4.78, 5) is 28.3. The molecule has 1 unspecified atom stereocenters. The third-order valence-electron chi connectivity index (χ3n) is 6.50. The van der Waals surface area contributed by atoms with Crippen LogP contribution < -0.4 is 10.2 Å². The van der Waals surface area contributed by atoms with Crippen molar-refractivity contribution in [1.82, 2.24) is 20.1 Å². The van der Waals surface area contributed by atoms with Crippen LogP contribution >= 0.6 is 0 Å². The van der Waals surface area contributed by atoms with Crippen molar-refractivity contribution >= 4 is 17.7 Å². The third-order valence-corrected chi connectivity index (χ3v) is 6.50. The summed E-state index contributed by atoms with van der Waals surface area (Å²) in [6, 6.07) is 4.30. The van der Waals surface area contributed by atoms with Crippen molar-refractivity contribution < 1.29 is 9.53 Å². The number of nitrogens with zero attached hydrogens (tertiary/aromatic N) is 5. The minimum Gasteiger partial charge on any atom is -0.368 e. The van der Waals surface area contributed by atoms with E-state index in [9.17, 15) is 4.79 Å². The van der Waals surface area contributed by atoms with E-state index in [1.54, 1.807) is 0 Å². The molecule has 4 rings (SSSR count). The molecule has 8 nitrogen and oxygen atoms in total. The molecule has 3 aliphatic rings. The molecular formula is C23H36N6O2. The van der Waals surface area contributed by atoms with Gasteiger partial charge in [-0.25, -0.2) is 4.98 Å². The summed E-state index contributed by atoms with van der Waals surface area (Å²) in [5.41, 5.74) is 1.15. The molecule has 0 bridgehead atoms. The van der Waals surface area contributed by atoms with Crippen LogP contribution in [0.5, 0.6) is 0 Å². The highest BCUT2D eigenvalue weighted by molar-refractivity contribution is 5.82. The quantitative estimate of drug-likeness (QED) is 0.583. The highest BCUT2D eigenvalue weighted by Crippen LogP contribution is 2.18. The summed E-state index contributed by atoms with van der Waals surface area (Å²) in [6.07, 6.45) is 8.76. The number of piperazine rings is 1. The molecule has 0 aliphatic carbocycles. The Morgan fingerprint density at radius 2 is 1.81 bits per heavy atom. The van der Waals surface area contributed by atoms with Gasteiger partial charge in [0.05, 0.1) is 0 Å². The minimum absolute atomic E-state index is 0.149. The summed E-state index contributed by atoms with van der Waals surface area (Å²) in [7, 11) is 1.81. The van der Waals surface area contributed by atoms with E-state index >= 15 is 0 Å². The number of guanidine groups is 1. The molecule has 1 aromatic rings. The molecule has 3 aliphatic heterocycles.